The maximum absolute atomic E-state index is 12.8. The van der Waals surface area contributed by atoms with Gasteiger partial charge in [0.25, 0.3) is 5.69 Å². The van der Waals surface area contributed by atoms with Crippen LogP contribution in [0.2, 0.25) is 0 Å². The van der Waals surface area contributed by atoms with Gasteiger partial charge in [0.2, 0.25) is 0 Å². The second-order valence-electron chi connectivity index (χ2n) is 6.25. The van der Waals surface area contributed by atoms with Gasteiger partial charge in [0.1, 0.15) is 5.75 Å². The maximum atomic E-state index is 12.8. The summed E-state index contributed by atoms with van der Waals surface area (Å²) in [6.45, 7) is 1.85. The van der Waals surface area contributed by atoms with Gasteiger partial charge in [-0.05, 0) is 41.1 Å². The minimum absolute atomic E-state index is 0.0200. The molecule has 1 fully saturated rings. The normalized spacial score (nSPS) is 24.2. The van der Waals surface area contributed by atoms with Crippen LogP contribution in [0.25, 0.3) is 0 Å². The van der Waals surface area contributed by atoms with Gasteiger partial charge in [-0.25, -0.2) is 4.79 Å². The SMILES string of the molecule is C[C@@]12C[C@@H](NC(=O)N1c1ccccc1Br)c1cc([N+](=O)[O-])ccc1O2. The van der Waals surface area contributed by atoms with Crippen molar-refractivity contribution in [1.82, 2.24) is 5.32 Å². The van der Waals surface area contributed by atoms with Gasteiger partial charge in [0.15, 0.2) is 5.72 Å². The summed E-state index contributed by atoms with van der Waals surface area (Å²) in [6, 6.07) is 11.2. The van der Waals surface area contributed by atoms with Crippen LogP contribution in [0.4, 0.5) is 16.2 Å². The quantitative estimate of drug-likeness (QED) is 0.603. The lowest BCUT2D eigenvalue weighted by Crippen LogP contribution is -2.65. The molecule has 2 aromatic rings. The summed E-state index contributed by atoms with van der Waals surface area (Å²) in [4.78, 5) is 24.9. The number of carbonyl (C=O) groups excluding carboxylic acids is 1. The van der Waals surface area contributed by atoms with Crippen molar-refractivity contribution < 1.29 is 14.5 Å². The number of nitro benzene ring substituents is 1. The maximum Gasteiger partial charge on any atom is 0.325 e. The number of rotatable bonds is 2. The minimum atomic E-state index is -0.889. The topological polar surface area (TPSA) is 84.7 Å². The lowest BCUT2D eigenvalue weighted by molar-refractivity contribution is -0.385. The van der Waals surface area contributed by atoms with Gasteiger partial charge in [-0.3, -0.25) is 15.0 Å². The van der Waals surface area contributed by atoms with Gasteiger partial charge in [0.05, 0.1) is 16.7 Å². The van der Waals surface area contributed by atoms with E-state index in [1.807, 2.05) is 31.2 Å². The number of urea groups is 1. The molecule has 8 heteroatoms. The van der Waals surface area contributed by atoms with Crippen molar-refractivity contribution >= 4 is 33.3 Å². The van der Waals surface area contributed by atoms with E-state index in [0.29, 0.717) is 23.4 Å². The van der Waals surface area contributed by atoms with Crippen LogP contribution in [-0.2, 0) is 0 Å². The van der Waals surface area contributed by atoms with E-state index in [0.717, 1.165) is 4.47 Å². The number of hydrogen-bond acceptors (Lipinski definition) is 4. The first-order chi connectivity index (χ1) is 11.9. The summed E-state index contributed by atoms with van der Waals surface area (Å²) in [5.74, 6) is 0.543. The van der Waals surface area contributed by atoms with Crippen LogP contribution in [-0.4, -0.2) is 16.7 Å². The number of benzene rings is 2. The average molecular weight is 404 g/mol. The van der Waals surface area contributed by atoms with Crippen LogP contribution in [0.15, 0.2) is 46.9 Å². The minimum Gasteiger partial charge on any atom is -0.467 e. The summed E-state index contributed by atoms with van der Waals surface area (Å²) in [6.07, 6.45) is 0.480. The third kappa shape index (κ3) is 2.44. The number of ether oxygens (including phenoxy) is 1. The summed E-state index contributed by atoms with van der Waals surface area (Å²) >= 11 is 3.48. The number of para-hydroxylation sites is 1. The Labute approximate surface area is 151 Å². The zero-order valence-electron chi connectivity index (χ0n) is 13.2. The Kier molecular flexibility index (Phi) is 3.47. The molecule has 1 saturated heterocycles. The molecule has 1 N–H and O–H groups in total. The van der Waals surface area contributed by atoms with Gasteiger partial charge in [0, 0.05) is 28.6 Å². The zero-order valence-corrected chi connectivity index (χ0v) is 14.8. The number of amides is 2. The molecule has 0 aliphatic carbocycles. The van der Waals surface area contributed by atoms with Gasteiger partial charge in [-0.2, -0.15) is 0 Å². The summed E-state index contributed by atoms with van der Waals surface area (Å²) in [5, 5.41) is 14.0. The molecule has 2 atom stereocenters. The van der Waals surface area contributed by atoms with E-state index in [-0.39, 0.29) is 17.8 Å². The van der Waals surface area contributed by atoms with Crippen molar-refractivity contribution in [2.45, 2.75) is 25.1 Å². The lowest BCUT2D eigenvalue weighted by atomic mass is 9.90. The third-order valence-electron chi connectivity index (χ3n) is 4.56. The van der Waals surface area contributed by atoms with Gasteiger partial charge < -0.3 is 10.1 Å². The van der Waals surface area contributed by atoms with Gasteiger partial charge in [-0.1, -0.05) is 12.1 Å². The molecule has 2 aliphatic heterocycles. The second-order valence-corrected chi connectivity index (χ2v) is 7.10. The van der Waals surface area contributed by atoms with Gasteiger partial charge >= 0.3 is 6.03 Å². The number of non-ortho nitro benzene ring substituents is 1. The van der Waals surface area contributed by atoms with Crippen molar-refractivity contribution in [1.29, 1.82) is 0 Å². The molecular formula is C17H14BrN3O4. The zero-order chi connectivity index (χ0) is 17.8. The molecule has 7 nitrogen and oxygen atoms in total. The lowest BCUT2D eigenvalue weighted by Gasteiger charge is -2.50. The summed E-state index contributed by atoms with van der Waals surface area (Å²) in [5.41, 5.74) is 0.423. The van der Waals surface area contributed by atoms with E-state index in [1.54, 1.807) is 11.0 Å². The van der Waals surface area contributed by atoms with E-state index < -0.39 is 10.6 Å². The smallest absolute Gasteiger partial charge is 0.325 e. The molecule has 2 heterocycles. The Morgan fingerprint density at radius 2 is 2.12 bits per heavy atom. The highest BCUT2D eigenvalue weighted by atomic mass is 79.9. The first-order valence-electron chi connectivity index (χ1n) is 7.72. The number of nitrogens with one attached hydrogen (secondary N) is 1. The number of anilines is 1. The van der Waals surface area contributed by atoms with Crippen LogP contribution in [0, 0.1) is 10.1 Å². The van der Waals surface area contributed by atoms with Crippen molar-refractivity contribution in [3.8, 4) is 5.75 Å². The first-order valence-corrected chi connectivity index (χ1v) is 8.51. The molecule has 0 unspecified atom stereocenters. The molecule has 0 spiro atoms. The molecule has 2 amide bonds. The van der Waals surface area contributed by atoms with Crippen LogP contribution < -0.4 is 15.0 Å². The predicted octanol–water partition coefficient (Wildman–Crippen LogP) is 4.13. The standard InChI is InChI=1S/C17H14BrN3O4/c1-17-9-13(11-8-10(21(23)24)6-7-15(11)25-17)19-16(22)20(17)14-5-3-2-4-12(14)18/h2-8,13H,9H2,1H3,(H,19,22)/t13-,17-/m1/s1. The number of halogens is 1. The first kappa shape index (κ1) is 15.9. The predicted molar refractivity (Wildman–Crippen MR) is 94.6 cm³/mol. The largest absolute Gasteiger partial charge is 0.467 e. The molecule has 0 aromatic heterocycles. The monoisotopic (exact) mass is 403 g/mol. The van der Waals surface area contributed by atoms with E-state index in [9.17, 15) is 14.9 Å². The fourth-order valence-electron chi connectivity index (χ4n) is 3.47. The summed E-state index contributed by atoms with van der Waals surface area (Å²) < 4.78 is 6.92. The molecule has 25 heavy (non-hydrogen) atoms. The third-order valence-corrected chi connectivity index (χ3v) is 5.23. The number of nitro groups is 1. The van der Waals surface area contributed by atoms with E-state index in [4.69, 9.17) is 4.74 Å². The van der Waals surface area contributed by atoms with Crippen molar-refractivity contribution in [3.63, 3.8) is 0 Å². The highest BCUT2D eigenvalue weighted by Gasteiger charge is 2.50. The van der Waals surface area contributed by atoms with Crippen molar-refractivity contribution in [2.75, 3.05) is 4.90 Å². The Morgan fingerprint density at radius 1 is 1.36 bits per heavy atom. The summed E-state index contributed by atoms with van der Waals surface area (Å²) in [7, 11) is 0. The Hall–Kier alpha value is -2.61. The number of hydrogen-bond donors (Lipinski definition) is 1. The van der Waals surface area contributed by atoms with Crippen LogP contribution >= 0.6 is 15.9 Å². The van der Waals surface area contributed by atoms with E-state index in [2.05, 4.69) is 21.2 Å². The van der Waals surface area contributed by atoms with Crippen LogP contribution in [0.3, 0.4) is 0 Å². The molecule has 2 bridgehead atoms. The molecule has 2 aliphatic rings. The molecular weight excluding hydrogens is 390 g/mol. The fourth-order valence-corrected chi connectivity index (χ4v) is 3.94. The average Bonchev–Trinajstić information content (AvgIpc) is 2.55. The van der Waals surface area contributed by atoms with Crippen LogP contribution in [0.1, 0.15) is 24.9 Å². The fraction of sp³-hybridized carbons (Fsp3) is 0.235. The van der Waals surface area contributed by atoms with Gasteiger partial charge in [-0.15, -0.1) is 0 Å². The van der Waals surface area contributed by atoms with Crippen molar-refractivity contribution in [2.24, 2.45) is 0 Å². The van der Waals surface area contributed by atoms with E-state index >= 15 is 0 Å². The number of carbonyl (C=O) groups is 1. The Balaban J connectivity index is 1.80. The van der Waals surface area contributed by atoms with Crippen LogP contribution in [0.5, 0.6) is 5.75 Å². The molecule has 0 radical (unpaired) electrons. The highest BCUT2D eigenvalue weighted by molar-refractivity contribution is 9.10. The van der Waals surface area contributed by atoms with Crippen molar-refractivity contribution in [3.05, 3.63) is 62.6 Å². The number of fused-ring (bicyclic) bond motifs is 4. The Bertz CT molecular complexity index is 903. The molecule has 0 saturated carbocycles. The Morgan fingerprint density at radius 3 is 2.84 bits per heavy atom. The molecule has 4 rings (SSSR count). The molecule has 2 aromatic carbocycles. The number of nitrogens with zero attached hydrogens (tertiary/aromatic N) is 2. The molecule has 128 valence electrons. The second kappa shape index (κ2) is 5.45. The van der Waals surface area contributed by atoms with E-state index in [1.165, 1.54) is 12.1 Å². The highest BCUT2D eigenvalue weighted by Crippen LogP contribution is 2.47.